The molecule has 0 heterocycles. The number of hydrogen-bond donors (Lipinski definition) is 2. The number of halogens is 1. The highest BCUT2D eigenvalue weighted by molar-refractivity contribution is 9.10. The van der Waals surface area contributed by atoms with Gasteiger partial charge in [-0.2, -0.15) is 0 Å². The molecule has 0 aliphatic rings. The lowest BCUT2D eigenvalue weighted by atomic mass is 10.0. The van der Waals surface area contributed by atoms with Crippen LogP contribution in [-0.2, 0) is 0 Å². The van der Waals surface area contributed by atoms with Crippen LogP contribution >= 0.6 is 15.9 Å². The van der Waals surface area contributed by atoms with Gasteiger partial charge in [0.1, 0.15) is 0 Å². The summed E-state index contributed by atoms with van der Waals surface area (Å²) in [5.41, 5.74) is 7.30. The molecule has 94 valence electrons. The number of amides is 1. The van der Waals surface area contributed by atoms with E-state index in [1.165, 1.54) is 0 Å². The summed E-state index contributed by atoms with van der Waals surface area (Å²) in [7, 11) is 0. The Balaban J connectivity index is 2.82. The Hall–Kier alpha value is -0.870. The molecule has 0 saturated heterocycles. The third kappa shape index (κ3) is 3.82. The van der Waals surface area contributed by atoms with Crippen molar-refractivity contribution >= 4 is 21.8 Å². The summed E-state index contributed by atoms with van der Waals surface area (Å²) in [5, 5.41) is 2.96. The van der Waals surface area contributed by atoms with Crippen molar-refractivity contribution in [2.45, 2.75) is 26.8 Å². The van der Waals surface area contributed by atoms with Crippen LogP contribution in [0.4, 0.5) is 0 Å². The highest BCUT2D eigenvalue weighted by atomic mass is 79.9. The monoisotopic (exact) mass is 298 g/mol. The topological polar surface area (TPSA) is 55.1 Å². The van der Waals surface area contributed by atoms with E-state index in [1.54, 1.807) is 0 Å². The summed E-state index contributed by atoms with van der Waals surface area (Å²) in [6, 6.07) is 5.64. The third-order valence-electron chi connectivity index (χ3n) is 2.81. The van der Waals surface area contributed by atoms with Gasteiger partial charge in [0.25, 0.3) is 5.91 Å². The predicted octanol–water partition coefficient (Wildman–Crippen LogP) is 2.47. The van der Waals surface area contributed by atoms with Crippen LogP contribution < -0.4 is 11.1 Å². The number of nitrogens with two attached hydrogens (primary N) is 1. The van der Waals surface area contributed by atoms with Crippen molar-refractivity contribution in [2.24, 2.45) is 11.7 Å². The highest BCUT2D eigenvalue weighted by Crippen LogP contribution is 2.16. The fourth-order valence-corrected chi connectivity index (χ4v) is 2.10. The van der Waals surface area contributed by atoms with Crippen molar-refractivity contribution in [3.05, 3.63) is 33.8 Å². The molecule has 0 fully saturated rings. The molecule has 0 aliphatic carbocycles. The second kappa shape index (κ2) is 6.17. The van der Waals surface area contributed by atoms with E-state index in [0.717, 1.165) is 10.0 Å². The van der Waals surface area contributed by atoms with Gasteiger partial charge in [-0.3, -0.25) is 4.79 Å². The zero-order valence-electron chi connectivity index (χ0n) is 10.5. The Morgan fingerprint density at radius 2 is 2.12 bits per heavy atom. The Morgan fingerprint density at radius 3 is 2.59 bits per heavy atom. The minimum absolute atomic E-state index is 0.0190. The van der Waals surface area contributed by atoms with Gasteiger partial charge in [-0.1, -0.05) is 29.8 Å². The summed E-state index contributed by atoms with van der Waals surface area (Å²) in [5.74, 6) is 0.277. The van der Waals surface area contributed by atoms with Crippen molar-refractivity contribution in [3.63, 3.8) is 0 Å². The zero-order valence-corrected chi connectivity index (χ0v) is 12.0. The zero-order chi connectivity index (χ0) is 13.0. The number of carbonyl (C=O) groups is 1. The summed E-state index contributed by atoms with van der Waals surface area (Å²) in [4.78, 5) is 12.1. The molecule has 0 saturated carbocycles. The highest BCUT2D eigenvalue weighted by Gasteiger charge is 2.16. The number of nitrogens with one attached hydrogen (secondary N) is 1. The summed E-state index contributed by atoms with van der Waals surface area (Å²) >= 11 is 3.38. The van der Waals surface area contributed by atoms with Crippen LogP contribution in [0.2, 0.25) is 0 Å². The summed E-state index contributed by atoms with van der Waals surface area (Å²) in [6.45, 7) is 6.48. The first-order valence-electron chi connectivity index (χ1n) is 5.72. The predicted molar refractivity (Wildman–Crippen MR) is 74.0 cm³/mol. The van der Waals surface area contributed by atoms with Gasteiger partial charge >= 0.3 is 0 Å². The minimum atomic E-state index is -0.0563. The quantitative estimate of drug-likeness (QED) is 0.897. The molecule has 0 radical (unpaired) electrons. The first kappa shape index (κ1) is 14.2. The standard InChI is InChI=1S/C13H19BrN2O/c1-8(2)12(7-15)16-13(17)11-5-4-10(14)6-9(11)3/h4-6,8,12H,7,15H2,1-3H3,(H,16,17). The van der Waals surface area contributed by atoms with Gasteiger partial charge in [0, 0.05) is 22.6 Å². The first-order valence-corrected chi connectivity index (χ1v) is 6.52. The molecule has 1 atom stereocenters. The normalized spacial score (nSPS) is 12.6. The van der Waals surface area contributed by atoms with Gasteiger partial charge in [-0.15, -0.1) is 0 Å². The lowest BCUT2D eigenvalue weighted by molar-refractivity contribution is 0.0927. The van der Waals surface area contributed by atoms with E-state index in [4.69, 9.17) is 5.73 Å². The number of hydrogen-bond acceptors (Lipinski definition) is 2. The van der Waals surface area contributed by atoms with E-state index in [1.807, 2.05) is 39.0 Å². The minimum Gasteiger partial charge on any atom is -0.348 e. The third-order valence-corrected chi connectivity index (χ3v) is 3.30. The number of benzene rings is 1. The van der Waals surface area contributed by atoms with E-state index in [-0.39, 0.29) is 11.9 Å². The average Bonchev–Trinajstić information content (AvgIpc) is 2.24. The number of rotatable bonds is 4. The Labute approximate surface area is 111 Å². The van der Waals surface area contributed by atoms with Crippen LogP contribution in [0, 0.1) is 12.8 Å². The van der Waals surface area contributed by atoms with Gasteiger partial charge in [0.05, 0.1) is 0 Å². The van der Waals surface area contributed by atoms with E-state index in [2.05, 4.69) is 21.2 Å². The van der Waals surface area contributed by atoms with E-state index in [9.17, 15) is 4.79 Å². The molecule has 4 heteroatoms. The molecule has 0 bridgehead atoms. The van der Waals surface area contributed by atoms with Crippen LogP contribution in [0.1, 0.15) is 29.8 Å². The lowest BCUT2D eigenvalue weighted by Gasteiger charge is -2.21. The fourth-order valence-electron chi connectivity index (χ4n) is 1.63. The lowest BCUT2D eigenvalue weighted by Crippen LogP contribution is -2.43. The smallest absolute Gasteiger partial charge is 0.251 e. The Morgan fingerprint density at radius 1 is 1.47 bits per heavy atom. The molecule has 17 heavy (non-hydrogen) atoms. The molecular weight excluding hydrogens is 280 g/mol. The molecule has 1 aromatic carbocycles. The van der Waals surface area contributed by atoms with Crippen LogP contribution in [0.15, 0.2) is 22.7 Å². The molecule has 1 aromatic rings. The Kier molecular flexibility index (Phi) is 5.15. The molecule has 3 N–H and O–H groups in total. The fraction of sp³-hybridized carbons (Fsp3) is 0.462. The summed E-state index contributed by atoms with van der Waals surface area (Å²) < 4.78 is 0.978. The van der Waals surface area contributed by atoms with E-state index < -0.39 is 0 Å². The molecule has 1 amide bonds. The van der Waals surface area contributed by atoms with E-state index in [0.29, 0.717) is 18.0 Å². The second-order valence-electron chi connectivity index (χ2n) is 4.52. The maximum atomic E-state index is 12.1. The molecule has 0 spiro atoms. The van der Waals surface area contributed by atoms with Crippen molar-refractivity contribution in [1.29, 1.82) is 0 Å². The van der Waals surface area contributed by atoms with Crippen LogP contribution in [0.3, 0.4) is 0 Å². The van der Waals surface area contributed by atoms with Crippen LogP contribution in [-0.4, -0.2) is 18.5 Å². The van der Waals surface area contributed by atoms with Gasteiger partial charge in [-0.25, -0.2) is 0 Å². The van der Waals surface area contributed by atoms with Gasteiger partial charge in [-0.05, 0) is 36.6 Å². The molecule has 3 nitrogen and oxygen atoms in total. The van der Waals surface area contributed by atoms with Gasteiger partial charge < -0.3 is 11.1 Å². The van der Waals surface area contributed by atoms with Gasteiger partial charge in [0.2, 0.25) is 0 Å². The maximum Gasteiger partial charge on any atom is 0.251 e. The molecule has 1 unspecified atom stereocenters. The molecule has 0 aliphatic heterocycles. The SMILES string of the molecule is Cc1cc(Br)ccc1C(=O)NC(CN)C(C)C. The van der Waals surface area contributed by atoms with Gasteiger partial charge in [0.15, 0.2) is 0 Å². The molecule has 1 rings (SSSR count). The molecule has 0 aromatic heterocycles. The van der Waals surface area contributed by atoms with Crippen molar-refractivity contribution in [3.8, 4) is 0 Å². The average molecular weight is 299 g/mol. The van der Waals surface area contributed by atoms with Crippen molar-refractivity contribution in [2.75, 3.05) is 6.54 Å². The largest absolute Gasteiger partial charge is 0.348 e. The number of carbonyl (C=O) groups excluding carboxylic acids is 1. The summed E-state index contributed by atoms with van der Waals surface area (Å²) in [6.07, 6.45) is 0. The van der Waals surface area contributed by atoms with Crippen LogP contribution in [0.5, 0.6) is 0 Å². The molecular formula is C13H19BrN2O. The Bertz CT molecular complexity index is 404. The first-order chi connectivity index (χ1) is 7.95. The number of aryl methyl sites for hydroxylation is 1. The maximum absolute atomic E-state index is 12.1. The van der Waals surface area contributed by atoms with Crippen molar-refractivity contribution < 1.29 is 4.79 Å². The van der Waals surface area contributed by atoms with Crippen LogP contribution in [0.25, 0.3) is 0 Å². The second-order valence-corrected chi connectivity index (χ2v) is 5.43. The van der Waals surface area contributed by atoms with Crippen molar-refractivity contribution in [1.82, 2.24) is 5.32 Å². The van der Waals surface area contributed by atoms with E-state index >= 15 is 0 Å².